The minimum Gasteiger partial charge on any atom is -0.378 e. The molecule has 0 saturated heterocycles. The first kappa shape index (κ1) is 18.8. The average Bonchev–Trinajstić information content (AvgIpc) is 3.00. The zero-order valence-electron chi connectivity index (χ0n) is 14.5. The van der Waals surface area contributed by atoms with E-state index in [1.165, 1.54) is 22.9 Å². The average molecular weight is 391 g/mol. The Morgan fingerprint density at radius 3 is 2.41 bits per heavy atom. The maximum Gasteiger partial charge on any atom is 0.417 e. The van der Waals surface area contributed by atoms with Gasteiger partial charge in [-0.25, -0.2) is 5.10 Å². The molecule has 0 radical (unpaired) electrons. The first-order chi connectivity index (χ1) is 12.8. The number of alkyl halides is 3. The molecule has 27 heavy (non-hydrogen) atoms. The summed E-state index contributed by atoms with van der Waals surface area (Å²) >= 11 is 5.16. The van der Waals surface area contributed by atoms with Gasteiger partial charge in [-0.05, 0) is 42.5 Å². The van der Waals surface area contributed by atoms with Gasteiger partial charge in [0.1, 0.15) is 0 Å². The van der Waals surface area contributed by atoms with E-state index in [1.807, 2.05) is 43.3 Å². The van der Waals surface area contributed by atoms with Gasteiger partial charge < -0.3 is 4.90 Å². The molecule has 0 aliphatic carbocycles. The van der Waals surface area contributed by atoms with Crippen molar-refractivity contribution in [1.82, 2.24) is 14.9 Å². The second-order valence-electron chi connectivity index (χ2n) is 5.94. The Labute approximate surface area is 158 Å². The van der Waals surface area contributed by atoms with Crippen molar-refractivity contribution in [3.63, 3.8) is 0 Å². The fourth-order valence-electron chi connectivity index (χ4n) is 2.48. The van der Waals surface area contributed by atoms with Gasteiger partial charge in [0.25, 0.3) is 0 Å². The molecule has 0 fully saturated rings. The highest BCUT2D eigenvalue weighted by Gasteiger charge is 2.32. The highest BCUT2D eigenvalue weighted by atomic mass is 32.1. The Morgan fingerprint density at radius 2 is 1.78 bits per heavy atom. The van der Waals surface area contributed by atoms with Crippen LogP contribution in [-0.2, 0) is 6.18 Å². The lowest BCUT2D eigenvalue weighted by Crippen LogP contribution is -2.09. The molecule has 3 aromatic rings. The number of hydrogen-bond donors (Lipinski definition) is 1. The number of hydrogen-bond acceptors (Lipinski definition) is 4. The summed E-state index contributed by atoms with van der Waals surface area (Å²) in [4.78, 5) is 1.95. The van der Waals surface area contributed by atoms with Crippen LogP contribution in [0.15, 0.2) is 53.6 Å². The first-order valence-electron chi connectivity index (χ1n) is 7.93. The molecule has 5 nitrogen and oxygen atoms in total. The summed E-state index contributed by atoms with van der Waals surface area (Å²) in [7, 11) is 3.85. The van der Waals surface area contributed by atoms with E-state index in [0.29, 0.717) is 5.82 Å². The molecule has 0 atom stereocenters. The largest absolute Gasteiger partial charge is 0.417 e. The van der Waals surface area contributed by atoms with Crippen LogP contribution >= 0.6 is 12.2 Å². The lowest BCUT2D eigenvalue weighted by atomic mass is 10.1. The lowest BCUT2D eigenvalue weighted by Gasteiger charge is -2.12. The van der Waals surface area contributed by atoms with Crippen LogP contribution in [-0.4, -0.2) is 35.2 Å². The summed E-state index contributed by atoms with van der Waals surface area (Å²) < 4.78 is 40.9. The van der Waals surface area contributed by atoms with Gasteiger partial charge >= 0.3 is 6.18 Å². The van der Waals surface area contributed by atoms with Crippen LogP contribution in [0.4, 0.5) is 18.9 Å². The number of nitrogens with one attached hydrogen (secondary N) is 1. The Balaban J connectivity index is 1.99. The van der Waals surface area contributed by atoms with Crippen LogP contribution in [0, 0.1) is 4.77 Å². The molecule has 1 heterocycles. The monoisotopic (exact) mass is 391 g/mol. The van der Waals surface area contributed by atoms with Crippen molar-refractivity contribution >= 4 is 24.1 Å². The summed E-state index contributed by atoms with van der Waals surface area (Å²) in [6, 6.07) is 12.7. The SMILES string of the molecule is CN(C)c1ccc(-c2n[nH]c(=S)n2/N=C/c2ccccc2C(F)(F)F)cc1. The van der Waals surface area contributed by atoms with E-state index in [2.05, 4.69) is 15.3 Å². The lowest BCUT2D eigenvalue weighted by molar-refractivity contribution is -0.137. The zero-order valence-corrected chi connectivity index (χ0v) is 15.3. The number of aromatic amines is 1. The van der Waals surface area contributed by atoms with Crippen molar-refractivity contribution in [2.24, 2.45) is 5.10 Å². The summed E-state index contributed by atoms with van der Waals surface area (Å²) in [6.07, 6.45) is -3.34. The minimum atomic E-state index is -4.47. The highest BCUT2D eigenvalue weighted by molar-refractivity contribution is 7.71. The van der Waals surface area contributed by atoms with Crippen molar-refractivity contribution in [3.8, 4) is 11.4 Å². The van der Waals surface area contributed by atoms with Crippen molar-refractivity contribution in [1.29, 1.82) is 0 Å². The van der Waals surface area contributed by atoms with Crippen LogP contribution in [0.2, 0.25) is 0 Å². The van der Waals surface area contributed by atoms with Crippen molar-refractivity contribution in [3.05, 3.63) is 64.4 Å². The van der Waals surface area contributed by atoms with Crippen LogP contribution < -0.4 is 4.90 Å². The van der Waals surface area contributed by atoms with Gasteiger partial charge in [0, 0.05) is 30.9 Å². The molecule has 0 amide bonds. The molecule has 1 N–H and O–H groups in total. The van der Waals surface area contributed by atoms with E-state index in [9.17, 15) is 13.2 Å². The third kappa shape index (κ3) is 4.08. The van der Waals surface area contributed by atoms with Gasteiger partial charge in [0.15, 0.2) is 5.82 Å². The molecule has 1 aromatic heterocycles. The standard InChI is InChI=1S/C18H16F3N5S/c1-25(2)14-9-7-12(8-10-14)16-23-24-17(27)26(16)22-11-13-5-3-4-6-15(13)18(19,20)21/h3-11H,1-2H3,(H,24,27)/b22-11+. The third-order valence-electron chi connectivity index (χ3n) is 3.87. The maximum absolute atomic E-state index is 13.1. The molecule has 0 aliphatic rings. The Kier molecular flexibility index (Phi) is 5.13. The normalized spacial score (nSPS) is 11.9. The van der Waals surface area contributed by atoms with Crippen molar-refractivity contribution < 1.29 is 13.2 Å². The quantitative estimate of drug-likeness (QED) is 0.523. The van der Waals surface area contributed by atoms with Gasteiger partial charge in [0.2, 0.25) is 4.77 Å². The van der Waals surface area contributed by atoms with Gasteiger partial charge in [0.05, 0.1) is 11.8 Å². The first-order valence-corrected chi connectivity index (χ1v) is 8.34. The number of H-pyrrole nitrogens is 1. The summed E-state index contributed by atoms with van der Waals surface area (Å²) in [5, 5.41) is 10.9. The van der Waals surface area contributed by atoms with E-state index in [1.54, 1.807) is 0 Å². The van der Waals surface area contributed by atoms with Crippen molar-refractivity contribution in [2.75, 3.05) is 19.0 Å². The number of halogens is 3. The number of aromatic nitrogens is 3. The van der Waals surface area contributed by atoms with Crippen LogP contribution in [0.25, 0.3) is 11.4 Å². The number of nitrogens with zero attached hydrogens (tertiary/aromatic N) is 4. The van der Waals surface area contributed by atoms with Crippen molar-refractivity contribution in [2.45, 2.75) is 6.18 Å². The van der Waals surface area contributed by atoms with Gasteiger partial charge in [-0.1, -0.05) is 18.2 Å². The highest BCUT2D eigenvalue weighted by Crippen LogP contribution is 2.31. The molecule has 3 rings (SSSR count). The van der Waals surface area contributed by atoms with Gasteiger partial charge in [-0.3, -0.25) is 0 Å². The number of benzene rings is 2. The minimum absolute atomic E-state index is 0.0537. The molecule has 0 unspecified atom stereocenters. The predicted molar refractivity (Wildman–Crippen MR) is 102 cm³/mol. The van der Waals surface area contributed by atoms with Gasteiger partial charge in [-0.15, -0.1) is 0 Å². The summed E-state index contributed by atoms with van der Waals surface area (Å²) in [6.45, 7) is 0. The van der Waals surface area contributed by atoms with Gasteiger partial charge in [-0.2, -0.15) is 28.0 Å². The van der Waals surface area contributed by atoms with E-state index >= 15 is 0 Å². The van der Waals surface area contributed by atoms with E-state index in [4.69, 9.17) is 12.2 Å². The van der Waals surface area contributed by atoms with Crippen LogP contribution in [0.3, 0.4) is 0 Å². The topological polar surface area (TPSA) is 49.2 Å². The maximum atomic E-state index is 13.1. The molecule has 0 aliphatic heterocycles. The molecule has 2 aromatic carbocycles. The molecule has 0 bridgehead atoms. The molecular weight excluding hydrogens is 375 g/mol. The van der Waals surface area contributed by atoms with Crippen LogP contribution in [0.1, 0.15) is 11.1 Å². The van der Waals surface area contributed by atoms with E-state index in [0.717, 1.165) is 23.5 Å². The third-order valence-corrected chi connectivity index (χ3v) is 4.14. The predicted octanol–water partition coefficient (Wildman–Crippen LogP) is 4.57. The number of anilines is 1. The molecule has 140 valence electrons. The fourth-order valence-corrected chi connectivity index (χ4v) is 2.66. The molecule has 9 heteroatoms. The van der Waals surface area contributed by atoms with E-state index < -0.39 is 11.7 Å². The van der Waals surface area contributed by atoms with Crippen LogP contribution in [0.5, 0.6) is 0 Å². The van der Waals surface area contributed by atoms with E-state index in [-0.39, 0.29) is 10.3 Å². The molecule has 0 saturated carbocycles. The Bertz CT molecular complexity index is 1020. The molecular formula is C18H16F3N5S. The fraction of sp³-hybridized carbons (Fsp3) is 0.167. The smallest absolute Gasteiger partial charge is 0.378 e. The number of rotatable bonds is 4. The summed E-state index contributed by atoms with van der Waals surface area (Å²) in [5.74, 6) is 0.408. The zero-order chi connectivity index (χ0) is 19.6. The second kappa shape index (κ2) is 7.36. The Hall–Kier alpha value is -2.94. The molecule has 0 spiro atoms. The Morgan fingerprint density at radius 1 is 1.11 bits per heavy atom. The second-order valence-corrected chi connectivity index (χ2v) is 6.32. The summed E-state index contributed by atoms with van der Waals surface area (Å²) in [5.41, 5.74) is 0.916.